The summed E-state index contributed by atoms with van der Waals surface area (Å²) in [5.41, 5.74) is 1.12. The minimum absolute atomic E-state index is 0.111. The molecule has 1 saturated heterocycles. The van der Waals surface area contributed by atoms with Crippen molar-refractivity contribution in [3.63, 3.8) is 0 Å². The number of benzene rings is 2. The van der Waals surface area contributed by atoms with Crippen molar-refractivity contribution >= 4 is 27.3 Å². The van der Waals surface area contributed by atoms with Gasteiger partial charge in [-0.1, -0.05) is 35.9 Å². The van der Waals surface area contributed by atoms with E-state index in [2.05, 4.69) is 17.0 Å². The SMILES string of the molecule is CC1CN(S(=O)(=O)c2cccc(Cl)c2)CCN1c1ccccc1. The first kappa shape index (κ1) is 16.3. The third kappa shape index (κ3) is 3.37. The zero-order valence-electron chi connectivity index (χ0n) is 12.9. The highest BCUT2D eigenvalue weighted by atomic mass is 35.5. The number of nitrogens with zero attached hydrogens (tertiary/aromatic N) is 2. The van der Waals surface area contributed by atoms with Crippen LogP contribution in [-0.2, 0) is 10.0 Å². The van der Waals surface area contributed by atoms with Crippen LogP contribution in [0.3, 0.4) is 0 Å². The van der Waals surface area contributed by atoms with E-state index >= 15 is 0 Å². The molecule has 2 aromatic carbocycles. The first-order valence-corrected chi connectivity index (χ1v) is 9.38. The standard InChI is InChI=1S/C17H19ClN2O2S/c1-14-13-19(10-11-20(14)16-7-3-2-4-8-16)23(21,22)17-9-5-6-15(18)12-17/h2-9,12,14H,10-11,13H2,1H3. The Kier molecular flexibility index (Phi) is 4.62. The van der Waals surface area contributed by atoms with Gasteiger partial charge in [0.2, 0.25) is 10.0 Å². The molecule has 0 bridgehead atoms. The van der Waals surface area contributed by atoms with Crippen LogP contribution in [0.4, 0.5) is 5.69 Å². The second-order valence-corrected chi connectivity index (χ2v) is 8.07. The summed E-state index contributed by atoms with van der Waals surface area (Å²) in [5, 5.41) is 0.432. The van der Waals surface area contributed by atoms with E-state index in [4.69, 9.17) is 11.6 Å². The van der Waals surface area contributed by atoms with Crippen molar-refractivity contribution in [1.82, 2.24) is 4.31 Å². The molecular formula is C17H19ClN2O2S. The molecule has 1 aliphatic heterocycles. The van der Waals surface area contributed by atoms with Crippen molar-refractivity contribution in [2.75, 3.05) is 24.5 Å². The first-order valence-electron chi connectivity index (χ1n) is 7.56. The Morgan fingerprint density at radius 1 is 1.04 bits per heavy atom. The minimum Gasteiger partial charge on any atom is -0.366 e. The monoisotopic (exact) mass is 350 g/mol. The Hall–Kier alpha value is -1.56. The smallest absolute Gasteiger partial charge is 0.243 e. The lowest BCUT2D eigenvalue weighted by Gasteiger charge is -2.40. The largest absolute Gasteiger partial charge is 0.366 e. The van der Waals surface area contributed by atoms with Crippen LogP contribution in [0.5, 0.6) is 0 Å². The Balaban J connectivity index is 1.80. The van der Waals surface area contributed by atoms with Gasteiger partial charge in [-0.05, 0) is 37.3 Å². The summed E-state index contributed by atoms with van der Waals surface area (Å²) < 4.78 is 27.1. The van der Waals surface area contributed by atoms with E-state index in [0.29, 0.717) is 24.7 Å². The fourth-order valence-corrected chi connectivity index (χ4v) is 4.74. The number of sulfonamides is 1. The summed E-state index contributed by atoms with van der Waals surface area (Å²) >= 11 is 5.93. The highest BCUT2D eigenvalue weighted by molar-refractivity contribution is 7.89. The van der Waals surface area contributed by atoms with Crippen LogP contribution in [0.25, 0.3) is 0 Å². The first-order chi connectivity index (χ1) is 11.0. The summed E-state index contributed by atoms with van der Waals surface area (Å²) in [7, 11) is -3.50. The van der Waals surface area contributed by atoms with Crippen molar-refractivity contribution in [2.45, 2.75) is 17.9 Å². The van der Waals surface area contributed by atoms with Crippen LogP contribution in [0, 0.1) is 0 Å². The molecule has 1 heterocycles. The van der Waals surface area contributed by atoms with Crippen LogP contribution in [0.15, 0.2) is 59.5 Å². The zero-order valence-corrected chi connectivity index (χ0v) is 14.5. The van der Waals surface area contributed by atoms with Gasteiger partial charge >= 0.3 is 0 Å². The molecule has 1 aliphatic rings. The van der Waals surface area contributed by atoms with Crippen molar-refractivity contribution in [3.05, 3.63) is 59.6 Å². The molecule has 23 heavy (non-hydrogen) atoms. The average Bonchev–Trinajstić information content (AvgIpc) is 2.55. The second kappa shape index (κ2) is 6.51. The van der Waals surface area contributed by atoms with Crippen molar-refractivity contribution in [1.29, 1.82) is 0 Å². The third-order valence-corrected chi connectivity index (χ3v) is 6.21. The Bertz CT molecular complexity index is 780. The average molecular weight is 351 g/mol. The molecule has 0 amide bonds. The molecule has 122 valence electrons. The molecule has 0 radical (unpaired) electrons. The number of hydrogen-bond acceptors (Lipinski definition) is 3. The van der Waals surface area contributed by atoms with E-state index in [1.54, 1.807) is 22.5 Å². The van der Waals surface area contributed by atoms with E-state index in [9.17, 15) is 8.42 Å². The highest BCUT2D eigenvalue weighted by Gasteiger charge is 2.32. The number of piperazine rings is 1. The molecule has 1 unspecified atom stereocenters. The maximum absolute atomic E-state index is 12.8. The second-order valence-electron chi connectivity index (χ2n) is 5.70. The summed E-state index contributed by atoms with van der Waals surface area (Å²) in [6, 6.07) is 16.6. The summed E-state index contributed by atoms with van der Waals surface area (Å²) in [6.07, 6.45) is 0. The summed E-state index contributed by atoms with van der Waals surface area (Å²) in [4.78, 5) is 2.50. The molecule has 2 aromatic rings. The van der Waals surface area contributed by atoms with Gasteiger partial charge in [0.15, 0.2) is 0 Å². The molecule has 0 aromatic heterocycles. The highest BCUT2D eigenvalue weighted by Crippen LogP contribution is 2.25. The Morgan fingerprint density at radius 2 is 1.78 bits per heavy atom. The van der Waals surface area contributed by atoms with Crippen LogP contribution in [0.1, 0.15) is 6.92 Å². The van der Waals surface area contributed by atoms with Crippen LogP contribution in [-0.4, -0.2) is 38.4 Å². The lowest BCUT2D eigenvalue weighted by molar-refractivity contribution is 0.342. The Morgan fingerprint density at radius 3 is 2.43 bits per heavy atom. The van der Waals surface area contributed by atoms with Crippen LogP contribution in [0.2, 0.25) is 5.02 Å². The lowest BCUT2D eigenvalue weighted by Crippen LogP contribution is -2.53. The normalized spacial score (nSPS) is 19.7. The number of rotatable bonds is 3. The molecular weight excluding hydrogens is 332 g/mol. The fourth-order valence-electron chi connectivity index (χ4n) is 2.92. The van der Waals surface area contributed by atoms with E-state index in [-0.39, 0.29) is 10.9 Å². The molecule has 4 nitrogen and oxygen atoms in total. The van der Waals surface area contributed by atoms with E-state index < -0.39 is 10.0 Å². The number of halogens is 1. The van der Waals surface area contributed by atoms with Gasteiger partial charge in [-0.15, -0.1) is 0 Å². The number of hydrogen-bond donors (Lipinski definition) is 0. The molecule has 0 N–H and O–H groups in total. The quantitative estimate of drug-likeness (QED) is 0.853. The van der Waals surface area contributed by atoms with Gasteiger partial charge in [0.05, 0.1) is 4.90 Å². The molecule has 6 heteroatoms. The third-order valence-electron chi connectivity index (χ3n) is 4.11. The van der Waals surface area contributed by atoms with Gasteiger partial charge in [0, 0.05) is 36.4 Å². The fraction of sp³-hybridized carbons (Fsp3) is 0.294. The van der Waals surface area contributed by atoms with Crippen molar-refractivity contribution in [3.8, 4) is 0 Å². The Labute approximate surface area is 142 Å². The summed E-state index contributed by atoms with van der Waals surface area (Å²) in [6.45, 7) is 3.65. The molecule has 0 aliphatic carbocycles. The summed E-state index contributed by atoms with van der Waals surface area (Å²) in [5.74, 6) is 0. The van der Waals surface area contributed by atoms with E-state index in [1.807, 2.05) is 25.1 Å². The van der Waals surface area contributed by atoms with E-state index in [1.165, 1.54) is 6.07 Å². The lowest BCUT2D eigenvalue weighted by atomic mass is 10.2. The minimum atomic E-state index is -3.50. The molecule has 1 atom stereocenters. The molecule has 3 rings (SSSR count). The number of para-hydroxylation sites is 1. The van der Waals surface area contributed by atoms with Crippen molar-refractivity contribution < 1.29 is 8.42 Å². The van der Waals surface area contributed by atoms with Gasteiger partial charge in [-0.2, -0.15) is 4.31 Å². The maximum Gasteiger partial charge on any atom is 0.243 e. The molecule has 0 spiro atoms. The number of anilines is 1. The predicted octanol–water partition coefficient (Wildman–Crippen LogP) is 3.24. The van der Waals surface area contributed by atoms with Gasteiger partial charge in [0.1, 0.15) is 0 Å². The van der Waals surface area contributed by atoms with Gasteiger partial charge < -0.3 is 4.90 Å². The molecule has 0 saturated carbocycles. The van der Waals surface area contributed by atoms with E-state index in [0.717, 1.165) is 5.69 Å². The predicted molar refractivity (Wildman–Crippen MR) is 93.5 cm³/mol. The van der Waals surface area contributed by atoms with Gasteiger partial charge in [-0.3, -0.25) is 0 Å². The van der Waals surface area contributed by atoms with Gasteiger partial charge in [-0.25, -0.2) is 8.42 Å². The van der Waals surface area contributed by atoms with Crippen LogP contribution >= 0.6 is 11.6 Å². The van der Waals surface area contributed by atoms with Gasteiger partial charge in [0.25, 0.3) is 0 Å². The zero-order chi connectivity index (χ0) is 16.4. The molecule has 1 fully saturated rings. The topological polar surface area (TPSA) is 40.6 Å². The maximum atomic E-state index is 12.8. The van der Waals surface area contributed by atoms with Crippen LogP contribution < -0.4 is 4.90 Å². The van der Waals surface area contributed by atoms with Crippen molar-refractivity contribution in [2.24, 2.45) is 0 Å².